The zero-order valence-electron chi connectivity index (χ0n) is 16.7. The summed E-state index contributed by atoms with van der Waals surface area (Å²) in [6.07, 6.45) is 1.74. The molecule has 2 aromatic rings. The molecule has 1 aromatic carbocycles. The van der Waals surface area contributed by atoms with Crippen molar-refractivity contribution in [2.24, 2.45) is 5.92 Å². The van der Waals surface area contributed by atoms with Crippen molar-refractivity contribution in [2.75, 3.05) is 32.2 Å². The van der Waals surface area contributed by atoms with Crippen molar-refractivity contribution in [2.45, 2.75) is 32.2 Å². The monoisotopic (exact) mass is 418 g/mol. The Morgan fingerprint density at radius 2 is 2.14 bits per heavy atom. The molecule has 0 radical (unpaired) electrons. The van der Waals surface area contributed by atoms with Crippen molar-refractivity contribution < 1.29 is 19.1 Å². The van der Waals surface area contributed by atoms with Crippen LogP contribution in [-0.2, 0) is 20.7 Å². The second-order valence-electron chi connectivity index (χ2n) is 7.01. The van der Waals surface area contributed by atoms with Crippen LogP contribution in [0.2, 0.25) is 0 Å². The van der Waals surface area contributed by atoms with Crippen LogP contribution < -0.4 is 10.1 Å². The summed E-state index contributed by atoms with van der Waals surface area (Å²) in [6, 6.07) is 9.61. The zero-order valence-corrected chi connectivity index (χ0v) is 17.5. The summed E-state index contributed by atoms with van der Waals surface area (Å²) in [5, 5.41) is 12.3. The molecule has 156 valence electrons. The Hall–Kier alpha value is -2.52. The highest BCUT2D eigenvalue weighted by molar-refractivity contribution is 7.15. The fourth-order valence-electron chi connectivity index (χ4n) is 3.21. The molecule has 1 aliphatic rings. The Bertz CT molecular complexity index is 814. The lowest BCUT2D eigenvalue weighted by molar-refractivity contribution is -0.130. The maximum Gasteiger partial charge on any atom is 0.231 e. The van der Waals surface area contributed by atoms with Crippen molar-refractivity contribution in [3.8, 4) is 5.75 Å². The Morgan fingerprint density at radius 3 is 2.90 bits per heavy atom. The Kier molecular flexibility index (Phi) is 7.54. The lowest BCUT2D eigenvalue weighted by atomic mass is 10.1. The smallest absolute Gasteiger partial charge is 0.231 e. The third-order valence-electron chi connectivity index (χ3n) is 4.71. The van der Waals surface area contributed by atoms with Gasteiger partial charge in [-0.3, -0.25) is 9.59 Å². The first kappa shape index (κ1) is 21.2. The molecule has 0 spiro atoms. The van der Waals surface area contributed by atoms with E-state index in [1.807, 2.05) is 37.3 Å². The fourth-order valence-corrected chi connectivity index (χ4v) is 3.99. The number of aryl methyl sites for hydroxylation is 1. The molecule has 2 amide bonds. The largest absolute Gasteiger partial charge is 0.494 e. The number of nitrogens with one attached hydrogen (secondary N) is 1. The van der Waals surface area contributed by atoms with Crippen molar-refractivity contribution in [1.82, 2.24) is 15.1 Å². The third-order valence-corrected chi connectivity index (χ3v) is 5.61. The van der Waals surface area contributed by atoms with Gasteiger partial charge in [0.2, 0.25) is 16.9 Å². The van der Waals surface area contributed by atoms with Crippen LogP contribution >= 0.6 is 11.3 Å². The molecule has 3 rings (SSSR count). The number of methoxy groups -OCH3 is 1. The van der Waals surface area contributed by atoms with Crippen LogP contribution in [0.4, 0.5) is 5.13 Å². The van der Waals surface area contributed by atoms with Gasteiger partial charge in [-0.15, -0.1) is 10.2 Å². The van der Waals surface area contributed by atoms with E-state index >= 15 is 0 Å². The van der Waals surface area contributed by atoms with Gasteiger partial charge in [-0.05, 0) is 25.5 Å². The highest BCUT2D eigenvalue weighted by Gasteiger charge is 2.36. The average Bonchev–Trinajstić information content (AvgIpc) is 3.33. The Balaban J connectivity index is 1.42. The van der Waals surface area contributed by atoms with Crippen molar-refractivity contribution in [3.05, 3.63) is 35.3 Å². The molecule has 0 bridgehead atoms. The van der Waals surface area contributed by atoms with E-state index in [0.29, 0.717) is 24.9 Å². The number of nitrogens with zero attached hydrogens (tertiary/aromatic N) is 3. The minimum absolute atomic E-state index is 0.0222. The summed E-state index contributed by atoms with van der Waals surface area (Å²) in [4.78, 5) is 26.4. The fraction of sp³-hybridized carbons (Fsp3) is 0.500. The first-order valence-electron chi connectivity index (χ1n) is 9.66. The predicted molar refractivity (Wildman–Crippen MR) is 110 cm³/mol. The van der Waals surface area contributed by atoms with E-state index in [1.54, 1.807) is 12.0 Å². The van der Waals surface area contributed by atoms with Crippen LogP contribution in [0.15, 0.2) is 30.3 Å². The van der Waals surface area contributed by atoms with Gasteiger partial charge in [-0.1, -0.05) is 29.5 Å². The van der Waals surface area contributed by atoms with Gasteiger partial charge in [0, 0.05) is 26.5 Å². The van der Waals surface area contributed by atoms with Gasteiger partial charge in [-0.2, -0.15) is 0 Å². The molecular formula is C20H26N4O4S. The van der Waals surface area contributed by atoms with E-state index in [1.165, 1.54) is 11.3 Å². The number of hydrogen-bond acceptors (Lipinski definition) is 7. The molecule has 1 fully saturated rings. The van der Waals surface area contributed by atoms with Crippen LogP contribution in [0.5, 0.6) is 5.75 Å². The molecule has 0 saturated carbocycles. The molecule has 9 heteroatoms. The van der Waals surface area contributed by atoms with Crippen LogP contribution in [-0.4, -0.2) is 59.8 Å². The predicted octanol–water partition coefficient (Wildman–Crippen LogP) is 2.37. The molecule has 1 N–H and O–H groups in total. The van der Waals surface area contributed by atoms with Gasteiger partial charge in [0.1, 0.15) is 10.8 Å². The molecule has 0 aliphatic carbocycles. The number of rotatable bonds is 10. The van der Waals surface area contributed by atoms with Gasteiger partial charge >= 0.3 is 0 Å². The van der Waals surface area contributed by atoms with E-state index in [2.05, 4.69) is 15.5 Å². The number of ether oxygens (including phenoxy) is 2. The number of likely N-dealkylation sites (tertiary alicyclic amines) is 1. The van der Waals surface area contributed by atoms with Gasteiger partial charge in [0.15, 0.2) is 0 Å². The average molecular weight is 419 g/mol. The summed E-state index contributed by atoms with van der Waals surface area (Å²) in [5.74, 6) is 0.248. The van der Waals surface area contributed by atoms with E-state index in [0.717, 1.165) is 23.6 Å². The lowest BCUT2D eigenvalue weighted by Gasteiger charge is -2.23. The molecular weight excluding hydrogens is 392 g/mol. The number of aromatic nitrogens is 2. The topological polar surface area (TPSA) is 93.7 Å². The van der Waals surface area contributed by atoms with Crippen LogP contribution in [0.1, 0.15) is 24.8 Å². The number of carbonyl (C=O) groups excluding carboxylic acids is 2. The highest BCUT2D eigenvalue weighted by Crippen LogP contribution is 2.23. The summed E-state index contributed by atoms with van der Waals surface area (Å²) < 4.78 is 10.8. The molecule has 1 aliphatic heterocycles. The number of benzene rings is 1. The number of anilines is 1. The standard InChI is InChI=1S/C20H26N4O4S/c1-14(13-27-2)24-12-15(11-18(24)25)19(26)21-20-23-22-17(29-20)9-6-10-28-16-7-4-3-5-8-16/h3-5,7-8,14-15H,6,9-13H2,1-2H3,(H,21,23,26)/t14-,15+/m0/s1. The van der Waals surface area contributed by atoms with Crippen LogP contribution in [0.3, 0.4) is 0 Å². The summed E-state index contributed by atoms with van der Waals surface area (Å²) >= 11 is 1.35. The lowest BCUT2D eigenvalue weighted by Crippen LogP contribution is -2.38. The molecule has 0 unspecified atom stereocenters. The van der Waals surface area contributed by atoms with E-state index in [4.69, 9.17) is 9.47 Å². The first-order valence-corrected chi connectivity index (χ1v) is 10.5. The van der Waals surface area contributed by atoms with Crippen molar-refractivity contribution in [3.63, 3.8) is 0 Å². The maximum atomic E-state index is 12.5. The number of carbonyl (C=O) groups is 2. The quantitative estimate of drug-likeness (QED) is 0.596. The molecule has 8 nitrogen and oxygen atoms in total. The van der Waals surface area contributed by atoms with Gasteiger partial charge in [-0.25, -0.2) is 0 Å². The summed E-state index contributed by atoms with van der Waals surface area (Å²) in [7, 11) is 1.60. The van der Waals surface area contributed by atoms with Gasteiger partial charge in [0.05, 0.1) is 25.2 Å². The second kappa shape index (κ2) is 10.3. The zero-order chi connectivity index (χ0) is 20.6. The Labute approximate surface area is 174 Å². The minimum Gasteiger partial charge on any atom is -0.494 e. The van der Waals surface area contributed by atoms with Crippen LogP contribution in [0, 0.1) is 5.92 Å². The molecule has 1 aromatic heterocycles. The van der Waals surface area contributed by atoms with Gasteiger partial charge in [0.25, 0.3) is 0 Å². The maximum absolute atomic E-state index is 12.5. The summed E-state index contributed by atoms with van der Waals surface area (Å²) in [6.45, 7) is 3.36. The van der Waals surface area contributed by atoms with Crippen LogP contribution in [0.25, 0.3) is 0 Å². The summed E-state index contributed by atoms with van der Waals surface area (Å²) in [5.41, 5.74) is 0. The molecule has 2 atom stereocenters. The number of amides is 2. The highest BCUT2D eigenvalue weighted by atomic mass is 32.1. The van der Waals surface area contributed by atoms with Gasteiger partial charge < -0.3 is 19.7 Å². The van der Waals surface area contributed by atoms with E-state index < -0.39 is 0 Å². The van der Waals surface area contributed by atoms with E-state index in [-0.39, 0.29) is 30.2 Å². The normalized spacial score (nSPS) is 17.4. The SMILES string of the molecule is COC[C@H](C)N1C[C@H](C(=O)Nc2nnc(CCCOc3ccccc3)s2)CC1=O. The Morgan fingerprint density at radius 1 is 1.34 bits per heavy atom. The number of para-hydroxylation sites is 1. The number of hydrogen-bond donors (Lipinski definition) is 1. The molecule has 29 heavy (non-hydrogen) atoms. The third kappa shape index (κ3) is 5.98. The van der Waals surface area contributed by atoms with Crippen molar-refractivity contribution in [1.29, 1.82) is 0 Å². The molecule has 2 heterocycles. The minimum atomic E-state index is -0.381. The van der Waals surface area contributed by atoms with Crippen molar-refractivity contribution >= 4 is 28.3 Å². The van der Waals surface area contributed by atoms with E-state index in [9.17, 15) is 9.59 Å². The second-order valence-corrected chi connectivity index (χ2v) is 8.07. The first-order chi connectivity index (χ1) is 14.1. The molecule has 1 saturated heterocycles.